The van der Waals surface area contributed by atoms with Crippen LogP contribution in [0.4, 0.5) is 16.0 Å². The molecule has 2 aliphatic rings. The lowest BCUT2D eigenvalue weighted by molar-refractivity contribution is -0.119. The summed E-state index contributed by atoms with van der Waals surface area (Å²) in [5.74, 6) is 0.975. The Labute approximate surface area is 208 Å². The van der Waals surface area contributed by atoms with Gasteiger partial charge in [-0.2, -0.15) is 0 Å². The summed E-state index contributed by atoms with van der Waals surface area (Å²) in [4.78, 5) is 31.2. The van der Waals surface area contributed by atoms with E-state index in [4.69, 9.17) is 5.73 Å². The molecule has 1 unspecified atom stereocenters. The molecule has 1 atom stereocenters. The van der Waals surface area contributed by atoms with Gasteiger partial charge in [-0.15, -0.1) is 0 Å². The SMILES string of the molecule is CC1(c2ccc(F)cc2)C(=O)Nc2nc(-c3cn4c(CCC5CCCCC5)cnc4cn3)nc(N)c21. The van der Waals surface area contributed by atoms with Crippen molar-refractivity contribution in [2.45, 2.75) is 57.3 Å². The third-order valence-corrected chi connectivity index (χ3v) is 7.78. The number of aromatic nitrogens is 5. The summed E-state index contributed by atoms with van der Waals surface area (Å²) in [5.41, 5.74) is 8.82. The van der Waals surface area contributed by atoms with E-state index in [0.29, 0.717) is 28.5 Å². The van der Waals surface area contributed by atoms with Gasteiger partial charge in [0.05, 0.1) is 11.8 Å². The number of nitrogens with two attached hydrogens (primary N) is 1. The van der Waals surface area contributed by atoms with Crippen LogP contribution in [0.2, 0.25) is 0 Å². The number of benzene rings is 1. The zero-order chi connectivity index (χ0) is 24.9. The lowest BCUT2D eigenvalue weighted by Crippen LogP contribution is -2.33. The normalized spacial score (nSPS) is 20.0. The lowest BCUT2D eigenvalue weighted by atomic mass is 9.78. The Morgan fingerprint density at radius 2 is 1.89 bits per heavy atom. The minimum atomic E-state index is -1.13. The zero-order valence-electron chi connectivity index (χ0n) is 20.2. The molecule has 0 saturated heterocycles. The van der Waals surface area contributed by atoms with E-state index >= 15 is 0 Å². The van der Waals surface area contributed by atoms with Crippen LogP contribution in [-0.4, -0.2) is 30.2 Å². The van der Waals surface area contributed by atoms with Crippen molar-refractivity contribution in [2.75, 3.05) is 11.1 Å². The van der Waals surface area contributed by atoms with Gasteiger partial charge in [0.2, 0.25) is 5.91 Å². The van der Waals surface area contributed by atoms with Crippen LogP contribution in [-0.2, 0) is 16.6 Å². The molecule has 0 radical (unpaired) electrons. The molecule has 8 nitrogen and oxygen atoms in total. The molecule has 1 amide bonds. The van der Waals surface area contributed by atoms with Gasteiger partial charge in [0.15, 0.2) is 11.5 Å². The number of hydrogen-bond acceptors (Lipinski definition) is 6. The number of halogens is 1. The van der Waals surface area contributed by atoms with Gasteiger partial charge in [0, 0.05) is 18.1 Å². The largest absolute Gasteiger partial charge is 0.383 e. The summed E-state index contributed by atoms with van der Waals surface area (Å²) < 4.78 is 15.5. The van der Waals surface area contributed by atoms with Gasteiger partial charge in [-0.1, -0.05) is 44.2 Å². The first-order valence-electron chi connectivity index (χ1n) is 12.5. The Hall–Kier alpha value is -3.88. The van der Waals surface area contributed by atoms with Crippen LogP contribution in [0.3, 0.4) is 0 Å². The van der Waals surface area contributed by atoms with E-state index < -0.39 is 5.41 Å². The molecular weight excluding hydrogens is 457 g/mol. The van der Waals surface area contributed by atoms with Crippen molar-refractivity contribution in [3.05, 3.63) is 65.5 Å². The smallest absolute Gasteiger partial charge is 0.240 e. The molecular formula is C27H28FN7O. The van der Waals surface area contributed by atoms with Gasteiger partial charge in [-0.05, 0) is 43.4 Å². The number of rotatable bonds is 5. The van der Waals surface area contributed by atoms with E-state index in [-0.39, 0.29) is 17.5 Å². The van der Waals surface area contributed by atoms with Gasteiger partial charge in [0.25, 0.3) is 0 Å². The molecule has 36 heavy (non-hydrogen) atoms. The van der Waals surface area contributed by atoms with Gasteiger partial charge in [-0.3, -0.25) is 4.79 Å². The fourth-order valence-electron chi connectivity index (χ4n) is 5.65. The minimum Gasteiger partial charge on any atom is -0.383 e. The molecule has 1 aliphatic carbocycles. The predicted molar refractivity (Wildman–Crippen MR) is 135 cm³/mol. The van der Waals surface area contributed by atoms with Gasteiger partial charge in [0.1, 0.15) is 28.6 Å². The van der Waals surface area contributed by atoms with E-state index in [1.54, 1.807) is 25.3 Å². The molecule has 0 spiro atoms. The zero-order valence-corrected chi connectivity index (χ0v) is 20.2. The number of carbonyl (C=O) groups is 1. The summed E-state index contributed by atoms with van der Waals surface area (Å²) in [5, 5.41) is 2.84. The maximum Gasteiger partial charge on any atom is 0.240 e. The van der Waals surface area contributed by atoms with Crippen LogP contribution in [0.15, 0.2) is 42.9 Å². The number of nitrogens with zero attached hydrogens (tertiary/aromatic N) is 5. The quantitative estimate of drug-likeness (QED) is 0.425. The Kier molecular flexibility index (Phi) is 5.43. The van der Waals surface area contributed by atoms with Crippen LogP contribution < -0.4 is 11.1 Å². The molecule has 1 aromatic carbocycles. The Morgan fingerprint density at radius 1 is 1.11 bits per heavy atom. The number of nitrogens with one attached hydrogen (secondary N) is 1. The standard InChI is InChI=1S/C27H28FN7O/c1-27(17-8-10-18(28)11-9-17)22-23(29)32-24(33-25(22)34-26(27)36)20-15-35-19(13-31-21(35)14-30-20)12-7-16-5-3-2-4-6-16/h8-11,13-16H,2-7,12H2,1H3,(H3,29,32,33,34,36). The van der Waals surface area contributed by atoms with E-state index in [0.717, 1.165) is 30.1 Å². The average molecular weight is 486 g/mol. The molecule has 0 bridgehead atoms. The van der Waals surface area contributed by atoms with Gasteiger partial charge in [-0.25, -0.2) is 24.3 Å². The second kappa shape index (κ2) is 8.65. The first-order valence-corrected chi connectivity index (χ1v) is 12.5. The van der Waals surface area contributed by atoms with Crippen molar-refractivity contribution in [2.24, 2.45) is 5.92 Å². The Balaban J connectivity index is 1.34. The number of imidazole rings is 1. The molecule has 184 valence electrons. The topological polar surface area (TPSA) is 111 Å². The minimum absolute atomic E-state index is 0.185. The van der Waals surface area contributed by atoms with E-state index in [2.05, 4.69) is 25.3 Å². The highest BCUT2D eigenvalue weighted by Crippen LogP contribution is 2.44. The number of amides is 1. The van der Waals surface area contributed by atoms with E-state index in [1.165, 1.54) is 44.2 Å². The van der Waals surface area contributed by atoms with Crippen molar-refractivity contribution in [1.29, 1.82) is 0 Å². The Bertz CT molecular complexity index is 1460. The highest BCUT2D eigenvalue weighted by molar-refractivity contribution is 6.09. The third kappa shape index (κ3) is 3.70. The number of carbonyl (C=O) groups excluding carboxylic acids is 1. The first-order chi connectivity index (χ1) is 17.4. The fraction of sp³-hybridized carbons (Fsp3) is 0.370. The predicted octanol–water partition coefficient (Wildman–Crippen LogP) is 4.68. The fourth-order valence-corrected chi connectivity index (χ4v) is 5.65. The van der Waals surface area contributed by atoms with Crippen LogP contribution in [0.1, 0.15) is 62.3 Å². The second-order valence-corrected chi connectivity index (χ2v) is 10.0. The molecule has 3 aromatic heterocycles. The number of aryl methyl sites for hydroxylation is 1. The monoisotopic (exact) mass is 485 g/mol. The molecule has 4 aromatic rings. The summed E-state index contributed by atoms with van der Waals surface area (Å²) in [6.07, 6.45) is 14.3. The summed E-state index contributed by atoms with van der Waals surface area (Å²) in [6.45, 7) is 1.75. The number of nitrogen functional groups attached to an aromatic ring is 1. The average Bonchev–Trinajstić information content (AvgIpc) is 3.41. The van der Waals surface area contributed by atoms with Gasteiger partial charge >= 0.3 is 0 Å². The first kappa shape index (κ1) is 22.6. The Morgan fingerprint density at radius 3 is 2.67 bits per heavy atom. The molecule has 3 N–H and O–H groups in total. The van der Waals surface area contributed by atoms with Crippen LogP contribution in [0.25, 0.3) is 17.2 Å². The molecule has 9 heteroatoms. The molecule has 1 fully saturated rings. The summed E-state index contributed by atoms with van der Waals surface area (Å²) in [6, 6.07) is 5.82. The lowest BCUT2D eigenvalue weighted by Gasteiger charge is -2.23. The van der Waals surface area contributed by atoms with Crippen LogP contribution in [0.5, 0.6) is 0 Å². The van der Waals surface area contributed by atoms with Crippen molar-refractivity contribution in [3.8, 4) is 11.5 Å². The van der Waals surface area contributed by atoms with E-state index in [9.17, 15) is 9.18 Å². The van der Waals surface area contributed by atoms with Crippen molar-refractivity contribution in [3.63, 3.8) is 0 Å². The van der Waals surface area contributed by atoms with E-state index in [1.807, 2.05) is 16.8 Å². The summed E-state index contributed by atoms with van der Waals surface area (Å²) >= 11 is 0. The highest BCUT2D eigenvalue weighted by atomic mass is 19.1. The maximum atomic E-state index is 13.5. The highest BCUT2D eigenvalue weighted by Gasteiger charge is 2.47. The van der Waals surface area contributed by atoms with Crippen molar-refractivity contribution >= 4 is 23.2 Å². The maximum absolute atomic E-state index is 13.5. The van der Waals surface area contributed by atoms with Gasteiger partial charge < -0.3 is 15.5 Å². The number of hydrogen-bond donors (Lipinski definition) is 2. The van der Waals surface area contributed by atoms with Crippen LogP contribution >= 0.6 is 0 Å². The molecule has 4 heterocycles. The molecule has 1 saturated carbocycles. The molecule has 1 aliphatic heterocycles. The number of anilines is 2. The second-order valence-electron chi connectivity index (χ2n) is 10.0. The third-order valence-electron chi connectivity index (χ3n) is 7.78. The van der Waals surface area contributed by atoms with Crippen molar-refractivity contribution < 1.29 is 9.18 Å². The molecule has 6 rings (SSSR count). The number of fused-ring (bicyclic) bond motifs is 2. The summed E-state index contributed by atoms with van der Waals surface area (Å²) in [7, 11) is 0. The van der Waals surface area contributed by atoms with Crippen LogP contribution in [0, 0.1) is 11.7 Å². The van der Waals surface area contributed by atoms with Crippen molar-refractivity contribution in [1.82, 2.24) is 24.3 Å².